The SMILES string of the molecule is Cc1cc(CCCCN(C)C(=O)c2c(N(C)C=O)ncn2CC2CCCC2)on1. The lowest BCUT2D eigenvalue weighted by Crippen LogP contribution is -2.32. The van der Waals surface area contributed by atoms with Crippen molar-refractivity contribution < 1.29 is 14.1 Å². The fourth-order valence-corrected chi connectivity index (χ4v) is 3.97. The van der Waals surface area contributed by atoms with E-state index in [1.807, 2.05) is 17.6 Å². The number of carbonyl (C=O) groups excluding carboxylic acids is 2. The van der Waals surface area contributed by atoms with Crippen molar-refractivity contribution in [3.8, 4) is 0 Å². The van der Waals surface area contributed by atoms with E-state index in [0.29, 0.717) is 30.4 Å². The number of anilines is 1. The quantitative estimate of drug-likeness (QED) is 0.451. The Hall–Kier alpha value is -2.64. The van der Waals surface area contributed by atoms with Gasteiger partial charge < -0.3 is 18.9 Å². The Morgan fingerprint density at radius 1 is 1.31 bits per heavy atom. The topological polar surface area (TPSA) is 84.5 Å². The minimum atomic E-state index is -0.0975. The Balaban J connectivity index is 1.63. The zero-order chi connectivity index (χ0) is 20.8. The average molecular weight is 402 g/mol. The normalized spacial score (nSPS) is 14.3. The fraction of sp³-hybridized carbons (Fsp3) is 0.619. The lowest BCUT2D eigenvalue weighted by atomic mass is 10.1. The van der Waals surface area contributed by atoms with E-state index in [9.17, 15) is 9.59 Å². The lowest BCUT2D eigenvalue weighted by Gasteiger charge is -2.21. The second kappa shape index (κ2) is 9.71. The van der Waals surface area contributed by atoms with Crippen molar-refractivity contribution in [2.24, 2.45) is 5.92 Å². The fourth-order valence-electron chi connectivity index (χ4n) is 3.97. The van der Waals surface area contributed by atoms with Crippen molar-refractivity contribution in [1.82, 2.24) is 19.6 Å². The number of hydrogen-bond acceptors (Lipinski definition) is 5. The predicted octanol–water partition coefficient (Wildman–Crippen LogP) is 3.06. The van der Waals surface area contributed by atoms with Gasteiger partial charge in [0.1, 0.15) is 5.76 Å². The van der Waals surface area contributed by atoms with Gasteiger partial charge in [0.2, 0.25) is 6.41 Å². The Morgan fingerprint density at radius 3 is 2.72 bits per heavy atom. The van der Waals surface area contributed by atoms with Crippen LogP contribution < -0.4 is 4.90 Å². The average Bonchev–Trinajstić information content (AvgIpc) is 3.46. The van der Waals surface area contributed by atoms with Gasteiger partial charge in [-0.2, -0.15) is 0 Å². The molecule has 2 aromatic rings. The molecule has 2 heterocycles. The van der Waals surface area contributed by atoms with Crippen LogP contribution in [0.3, 0.4) is 0 Å². The third-order valence-corrected chi connectivity index (χ3v) is 5.63. The molecular weight excluding hydrogens is 370 g/mol. The van der Waals surface area contributed by atoms with Crippen molar-refractivity contribution >= 4 is 18.1 Å². The zero-order valence-corrected chi connectivity index (χ0v) is 17.6. The van der Waals surface area contributed by atoms with Gasteiger partial charge in [0.05, 0.1) is 12.0 Å². The van der Waals surface area contributed by atoms with Gasteiger partial charge in [-0.15, -0.1) is 0 Å². The van der Waals surface area contributed by atoms with Crippen LogP contribution >= 0.6 is 0 Å². The molecule has 2 aromatic heterocycles. The molecule has 0 radical (unpaired) electrons. The van der Waals surface area contributed by atoms with Crippen molar-refractivity contribution in [2.75, 3.05) is 25.5 Å². The van der Waals surface area contributed by atoms with Gasteiger partial charge in [0, 0.05) is 39.7 Å². The summed E-state index contributed by atoms with van der Waals surface area (Å²) >= 11 is 0. The number of unbranched alkanes of at least 4 members (excludes halogenated alkanes) is 1. The highest BCUT2D eigenvalue weighted by Gasteiger charge is 2.26. The summed E-state index contributed by atoms with van der Waals surface area (Å²) in [6, 6.07) is 1.94. The molecule has 8 nitrogen and oxygen atoms in total. The van der Waals surface area contributed by atoms with Crippen LogP contribution in [0, 0.1) is 12.8 Å². The van der Waals surface area contributed by atoms with E-state index in [4.69, 9.17) is 4.52 Å². The Labute approximate surface area is 171 Å². The van der Waals surface area contributed by atoms with Crippen LogP contribution in [0.15, 0.2) is 16.9 Å². The summed E-state index contributed by atoms with van der Waals surface area (Å²) in [7, 11) is 3.43. The molecule has 158 valence electrons. The standard InChI is InChI=1S/C21H31N5O3/c1-16-12-18(29-23-16)10-6-7-11-24(2)21(28)19-20(25(3)15-27)22-14-26(19)13-17-8-4-5-9-17/h12,14-15,17H,4-11,13H2,1-3H3. The first-order chi connectivity index (χ1) is 14.0. The van der Waals surface area contributed by atoms with Crippen LogP contribution in [0.4, 0.5) is 5.82 Å². The molecule has 1 aliphatic carbocycles. The van der Waals surface area contributed by atoms with E-state index in [2.05, 4.69) is 10.1 Å². The molecule has 0 atom stereocenters. The molecule has 0 saturated heterocycles. The molecule has 1 aliphatic rings. The second-order valence-electron chi connectivity index (χ2n) is 8.05. The molecule has 8 heteroatoms. The summed E-state index contributed by atoms with van der Waals surface area (Å²) in [5.74, 6) is 1.77. The number of nitrogens with zero attached hydrogens (tertiary/aromatic N) is 5. The van der Waals surface area contributed by atoms with Crippen LogP contribution in [0.5, 0.6) is 0 Å². The summed E-state index contributed by atoms with van der Waals surface area (Å²) in [4.78, 5) is 31.9. The van der Waals surface area contributed by atoms with Gasteiger partial charge in [0.25, 0.3) is 5.91 Å². The number of rotatable bonds is 10. The van der Waals surface area contributed by atoms with E-state index >= 15 is 0 Å². The van der Waals surface area contributed by atoms with Crippen LogP contribution in [0.25, 0.3) is 0 Å². The molecule has 2 amide bonds. The molecule has 0 N–H and O–H groups in total. The predicted molar refractivity (Wildman–Crippen MR) is 110 cm³/mol. The van der Waals surface area contributed by atoms with E-state index in [1.54, 1.807) is 25.3 Å². The van der Waals surface area contributed by atoms with E-state index < -0.39 is 0 Å². The highest BCUT2D eigenvalue weighted by molar-refractivity contribution is 5.99. The summed E-state index contributed by atoms with van der Waals surface area (Å²) in [6.45, 7) is 3.31. The number of imidazole rings is 1. The van der Waals surface area contributed by atoms with Crippen molar-refractivity contribution in [1.29, 1.82) is 0 Å². The van der Waals surface area contributed by atoms with E-state index in [0.717, 1.165) is 37.3 Å². The minimum Gasteiger partial charge on any atom is -0.361 e. The van der Waals surface area contributed by atoms with Crippen molar-refractivity contribution in [2.45, 2.75) is 58.4 Å². The van der Waals surface area contributed by atoms with Crippen LogP contribution in [-0.2, 0) is 17.8 Å². The van der Waals surface area contributed by atoms with Gasteiger partial charge in [-0.25, -0.2) is 4.98 Å². The molecule has 0 bridgehead atoms. The van der Waals surface area contributed by atoms with Gasteiger partial charge in [-0.05, 0) is 38.5 Å². The second-order valence-corrected chi connectivity index (χ2v) is 8.05. The summed E-state index contributed by atoms with van der Waals surface area (Å²) < 4.78 is 7.16. The maximum Gasteiger partial charge on any atom is 0.274 e. The molecule has 1 saturated carbocycles. The summed E-state index contributed by atoms with van der Waals surface area (Å²) in [6.07, 6.45) is 9.82. The summed E-state index contributed by atoms with van der Waals surface area (Å²) in [5, 5.41) is 3.90. The van der Waals surface area contributed by atoms with E-state index in [-0.39, 0.29) is 5.91 Å². The van der Waals surface area contributed by atoms with Crippen molar-refractivity contribution in [3.63, 3.8) is 0 Å². The van der Waals surface area contributed by atoms with Crippen LogP contribution in [0.1, 0.15) is 60.5 Å². The van der Waals surface area contributed by atoms with Crippen LogP contribution in [0.2, 0.25) is 0 Å². The molecule has 3 rings (SSSR count). The summed E-state index contributed by atoms with van der Waals surface area (Å²) in [5.41, 5.74) is 1.38. The first kappa shape index (κ1) is 21.1. The minimum absolute atomic E-state index is 0.0975. The number of hydrogen-bond donors (Lipinski definition) is 0. The van der Waals surface area contributed by atoms with Gasteiger partial charge in [-0.1, -0.05) is 18.0 Å². The first-order valence-corrected chi connectivity index (χ1v) is 10.4. The first-order valence-electron chi connectivity index (χ1n) is 10.4. The highest BCUT2D eigenvalue weighted by Crippen LogP contribution is 2.28. The van der Waals surface area contributed by atoms with Crippen molar-refractivity contribution in [3.05, 3.63) is 29.5 Å². The Bertz CT molecular complexity index is 822. The molecule has 0 aromatic carbocycles. The number of carbonyl (C=O) groups is 2. The third kappa shape index (κ3) is 5.25. The zero-order valence-electron chi connectivity index (χ0n) is 17.6. The third-order valence-electron chi connectivity index (χ3n) is 5.63. The number of amides is 2. The highest BCUT2D eigenvalue weighted by atomic mass is 16.5. The molecule has 0 aliphatic heterocycles. The molecular formula is C21H31N5O3. The molecule has 1 fully saturated rings. The molecule has 0 spiro atoms. The van der Waals surface area contributed by atoms with E-state index in [1.165, 1.54) is 30.6 Å². The van der Waals surface area contributed by atoms with Gasteiger partial charge in [-0.3, -0.25) is 9.59 Å². The largest absolute Gasteiger partial charge is 0.361 e. The van der Waals surface area contributed by atoms with Crippen LogP contribution in [-0.4, -0.2) is 52.6 Å². The monoisotopic (exact) mass is 401 g/mol. The van der Waals surface area contributed by atoms with Gasteiger partial charge >= 0.3 is 0 Å². The smallest absolute Gasteiger partial charge is 0.274 e. The Morgan fingerprint density at radius 2 is 2.07 bits per heavy atom. The number of aromatic nitrogens is 3. The van der Waals surface area contributed by atoms with Gasteiger partial charge in [0.15, 0.2) is 11.5 Å². The Kier molecular flexibility index (Phi) is 7.06. The maximum atomic E-state index is 13.2. The lowest BCUT2D eigenvalue weighted by molar-refractivity contribution is -0.107. The maximum absolute atomic E-state index is 13.2. The molecule has 0 unspecified atom stereocenters. The molecule has 29 heavy (non-hydrogen) atoms. The number of aryl methyl sites for hydroxylation is 2.